The molecule has 3 rings (SSSR count). The second-order valence-electron chi connectivity index (χ2n) is 5.03. The molecule has 0 aliphatic heterocycles. The van der Waals surface area contributed by atoms with Crippen LogP contribution < -0.4 is 10.6 Å². The molecular formula is C17H16N4O. The predicted octanol–water partition coefficient (Wildman–Crippen LogP) is 3.36. The van der Waals surface area contributed by atoms with Crippen molar-refractivity contribution in [3.63, 3.8) is 0 Å². The van der Waals surface area contributed by atoms with Crippen LogP contribution in [-0.2, 0) is 0 Å². The first-order valence-corrected chi connectivity index (χ1v) is 6.97. The van der Waals surface area contributed by atoms with E-state index in [-0.39, 0.29) is 6.03 Å². The van der Waals surface area contributed by atoms with Crippen LogP contribution >= 0.6 is 0 Å². The van der Waals surface area contributed by atoms with Crippen molar-refractivity contribution >= 4 is 22.6 Å². The van der Waals surface area contributed by atoms with E-state index in [1.807, 2.05) is 24.4 Å². The van der Waals surface area contributed by atoms with Gasteiger partial charge < -0.3 is 5.32 Å². The molecule has 110 valence electrons. The summed E-state index contributed by atoms with van der Waals surface area (Å²) in [5.74, 6) is 0.525. The molecule has 2 heterocycles. The highest BCUT2D eigenvalue weighted by Crippen LogP contribution is 2.26. The van der Waals surface area contributed by atoms with Crippen LogP contribution in [-0.4, -0.2) is 23.0 Å². The minimum absolute atomic E-state index is 0.283. The van der Waals surface area contributed by atoms with Crippen LogP contribution in [0, 0.1) is 6.92 Å². The third-order valence-electron chi connectivity index (χ3n) is 3.54. The SMILES string of the molecule is CNC(=O)Nc1cc2ccc(-c3cnccc3C)cc2cn1. The summed E-state index contributed by atoms with van der Waals surface area (Å²) in [6.07, 6.45) is 5.42. The molecule has 1 aromatic carbocycles. The summed E-state index contributed by atoms with van der Waals surface area (Å²) in [6, 6.07) is 9.72. The topological polar surface area (TPSA) is 66.9 Å². The van der Waals surface area contributed by atoms with Crippen molar-refractivity contribution in [3.8, 4) is 11.1 Å². The van der Waals surface area contributed by atoms with E-state index in [0.29, 0.717) is 5.82 Å². The maximum atomic E-state index is 11.3. The number of amides is 2. The van der Waals surface area contributed by atoms with Crippen molar-refractivity contribution < 1.29 is 4.79 Å². The van der Waals surface area contributed by atoms with E-state index in [2.05, 4.69) is 39.7 Å². The van der Waals surface area contributed by atoms with Crippen LogP contribution in [0.3, 0.4) is 0 Å². The Morgan fingerprint density at radius 1 is 1.09 bits per heavy atom. The first-order valence-electron chi connectivity index (χ1n) is 6.97. The zero-order chi connectivity index (χ0) is 15.5. The number of hydrogen-bond acceptors (Lipinski definition) is 3. The molecule has 0 aliphatic rings. The van der Waals surface area contributed by atoms with Crippen molar-refractivity contribution in [2.75, 3.05) is 12.4 Å². The minimum atomic E-state index is -0.283. The Morgan fingerprint density at radius 3 is 2.73 bits per heavy atom. The zero-order valence-electron chi connectivity index (χ0n) is 12.4. The molecule has 2 amide bonds. The number of fused-ring (bicyclic) bond motifs is 1. The quantitative estimate of drug-likeness (QED) is 0.761. The lowest BCUT2D eigenvalue weighted by Gasteiger charge is -2.08. The number of rotatable bonds is 2. The first kappa shape index (κ1) is 14.0. The standard InChI is InChI=1S/C17H16N4O/c1-11-5-6-19-10-15(11)13-4-3-12-8-16(21-17(22)18-2)20-9-14(12)7-13/h3-10H,1-2H3,(H2,18,20,21,22). The fourth-order valence-electron chi connectivity index (χ4n) is 2.32. The lowest BCUT2D eigenvalue weighted by atomic mass is 10.0. The van der Waals surface area contributed by atoms with E-state index in [1.165, 1.54) is 5.56 Å². The van der Waals surface area contributed by atoms with Gasteiger partial charge in [-0.2, -0.15) is 0 Å². The fraction of sp³-hybridized carbons (Fsp3) is 0.118. The predicted molar refractivity (Wildman–Crippen MR) is 87.8 cm³/mol. The van der Waals surface area contributed by atoms with E-state index in [1.54, 1.807) is 19.4 Å². The van der Waals surface area contributed by atoms with Crippen LogP contribution in [0.4, 0.5) is 10.6 Å². The molecule has 3 aromatic rings. The number of benzene rings is 1. The van der Waals surface area contributed by atoms with Crippen molar-refractivity contribution in [2.45, 2.75) is 6.92 Å². The molecule has 2 N–H and O–H groups in total. The van der Waals surface area contributed by atoms with Gasteiger partial charge in [-0.3, -0.25) is 10.3 Å². The van der Waals surface area contributed by atoms with Gasteiger partial charge in [-0.15, -0.1) is 0 Å². The summed E-state index contributed by atoms with van der Waals surface area (Å²) in [6.45, 7) is 2.07. The van der Waals surface area contributed by atoms with Crippen LogP contribution in [0.2, 0.25) is 0 Å². The summed E-state index contributed by atoms with van der Waals surface area (Å²) in [5, 5.41) is 7.21. The van der Waals surface area contributed by atoms with Gasteiger partial charge in [-0.05, 0) is 41.6 Å². The average Bonchev–Trinajstić information content (AvgIpc) is 2.54. The van der Waals surface area contributed by atoms with Gasteiger partial charge >= 0.3 is 6.03 Å². The van der Waals surface area contributed by atoms with Gasteiger partial charge in [0.2, 0.25) is 0 Å². The van der Waals surface area contributed by atoms with Crippen molar-refractivity contribution in [1.82, 2.24) is 15.3 Å². The molecule has 2 aromatic heterocycles. The monoisotopic (exact) mass is 292 g/mol. The highest BCUT2D eigenvalue weighted by atomic mass is 16.2. The summed E-state index contributed by atoms with van der Waals surface area (Å²) in [7, 11) is 1.57. The molecule has 0 atom stereocenters. The van der Waals surface area contributed by atoms with Gasteiger partial charge in [0.05, 0.1) is 0 Å². The largest absolute Gasteiger partial charge is 0.341 e. The van der Waals surface area contributed by atoms with Gasteiger partial charge in [0.1, 0.15) is 5.82 Å². The third kappa shape index (κ3) is 2.74. The summed E-state index contributed by atoms with van der Waals surface area (Å²) in [5.41, 5.74) is 3.39. The highest BCUT2D eigenvalue weighted by molar-refractivity contribution is 5.93. The Labute approximate surface area is 128 Å². The Morgan fingerprint density at radius 2 is 1.95 bits per heavy atom. The number of carbonyl (C=O) groups is 1. The minimum Gasteiger partial charge on any atom is -0.341 e. The molecule has 0 aliphatic carbocycles. The van der Waals surface area contributed by atoms with E-state index < -0.39 is 0 Å². The lowest BCUT2D eigenvalue weighted by molar-refractivity contribution is 0.254. The lowest BCUT2D eigenvalue weighted by Crippen LogP contribution is -2.24. The van der Waals surface area contributed by atoms with Gasteiger partial charge in [-0.1, -0.05) is 12.1 Å². The number of nitrogens with zero attached hydrogens (tertiary/aromatic N) is 2. The molecule has 0 unspecified atom stereocenters. The maximum Gasteiger partial charge on any atom is 0.320 e. The van der Waals surface area contributed by atoms with Crippen molar-refractivity contribution in [2.24, 2.45) is 0 Å². The van der Waals surface area contributed by atoms with Gasteiger partial charge in [0, 0.05) is 36.6 Å². The number of aromatic nitrogens is 2. The number of carbonyl (C=O) groups excluding carboxylic acids is 1. The molecular weight excluding hydrogens is 276 g/mol. The summed E-state index contributed by atoms with van der Waals surface area (Å²) >= 11 is 0. The first-order chi connectivity index (χ1) is 10.7. The Hall–Kier alpha value is -2.95. The van der Waals surface area contributed by atoms with Crippen LogP contribution in [0.15, 0.2) is 48.9 Å². The van der Waals surface area contributed by atoms with Crippen molar-refractivity contribution in [1.29, 1.82) is 0 Å². The summed E-state index contributed by atoms with van der Waals surface area (Å²) in [4.78, 5) is 19.8. The van der Waals surface area contributed by atoms with E-state index in [4.69, 9.17) is 0 Å². The van der Waals surface area contributed by atoms with Gasteiger partial charge in [0.15, 0.2) is 0 Å². The van der Waals surface area contributed by atoms with Crippen LogP contribution in [0.25, 0.3) is 21.9 Å². The summed E-state index contributed by atoms with van der Waals surface area (Å²) < 4.78 is 0. The smallest absolute Gasteiger partial charge is 0.320 e. The Balaban J connectivity index is 2.00. The molecule has 22 heavy (non-hydrogen) atoms. The van der Waals surface area contributed by atoms with E-state index in [9.17, 15) is 4.79 Å². The number of anilines is 1. The second kappa shape index (κ2) is 5.81. The van der Waals surface area contributed by atoms with E-state index >= 15 is 0 Å². The maximum absolute atomic E-state index is 11.3. The molecule has 0 saturated carbocycles. The van der Waals surface area contributed by atoms with Crippen LogP contribution in [0.5, 0.6) is 0 Å². The molecule has 0 fully saturated rings. The third-order valence-corrected chi connectivity index (χ3v) is 3.54. The molecule has 0 bridgehead atoms. The molecule has 0 saturated heterocycles. The molecule has 5 heteroatoms. The Kier molecular flexibility index (Phi) is 3.70. The second-order valence-corrected chi connectivity index (χ2v) is 5.03. The molecule has 0 spiro atoms. The fourth-order valence-corrected chi connectivity index (χ4v) is 2.32. The zero-order valence-corrected chi connectivity index (χ0v) is 12.4. The number of aryl methyl sites for hydroxylation is 1. The Bertz CT molecular complexity index is 845. The van der Waals surface area contributed by atoms with Crippen LogP contribution in [0.1, 0.15) is 5.56 Å². The number of hydrogen-bond donors (Lipinski definition) is 2. The van der Waals surface area contributed by atoms with Gasteiger partial charge in [-0.25, -0.2) is 9.78 Å². The molecule has 5 nitrogen and oxygen atoms in total. The normalized spacial score (nSPS) is 10.5. The average molecular weight is 292 g/mol. The number of nitrogens with one attached hydrogen (secondary N) is 2. The number of urea groups is 1. The highest BCUT2D eigenvalue weighted by Gasteiger charge is 2.05. The van der Waals surface area contributed by atoms with Crippen molar-refractivity contribution in [3.05, 3.63) is 54.5 Å². The van der Waals surface area contributed by atoms with Gasteiger partial charge in [0.25, 0.3) is 0 Å². The molecule has 0 radical (unpaired) electrons. The van der Waals surface area contributed by atoms with E-state index in [0.717, 1.165) is 21.9 Å². The number of pyridine rings is 2.